The number of rotatable bonds is 4. The van der Waals surface area contributed by atoms with E-state index in [1.54, 1.807) is 36.1 Å². The second kappa shape index (κ2) is 4.92. The highest BCUT2D eigenvalue weighted by Gasteiger charge is 2.18. The minimum atomic E-state index is -3.49. The van der Waals surface area contributed by atoms with Gasteiger partial charge < -0.3 is 5.32 Å². The second-order valence-electron chi connectivity index (χ2n) is 4.77. The van der Waals surface area contributed by atoms with E-state index in [-0.39, 0.29) is 6.54 Å². The summed E-state index contributed by atoms with van der Waals surface area (Å²) < 4.78 is 28.8. The molecule has 0 fully saturated rings. The fourth-order valence-electron chi connectivity index (χ4n) is 2.28. The summed E-state index contributed by atoms with van der Waals surface area (Å²) in [6, 6.07) is 6.97. The van der Waals surface area contributed by atoms with Crippen LogP contribution in [0.4, 0.5) is 5.69 Å². The van der Waals surface area contributed by atoms with Crippen LogP contribution in [-0.2, 0) is 30.0 Å². The smallest absolute Gasteiger partial charge is 0.240 e. The first-order chi connectivity index (χ1) is 9.56. The van der Waals surface area contributed by atoms with Crippen LogP contribution in [-0.4, -0.2) is 24.7 Å². The number of benzene rings is 1. The van der Waals surface area contributed by atoms with Gasteiger partial charge in [0.25, 0.3) is 0 Å². The van der Waals surface area contributed by atoms with E-state index >= 15 is 0 Å². The third-order valence-electron chi connectivity index (χ3n) is 3.46. The van der Waals surface area contributed by atoms with E-state index in [4.69, 9.17) is 0 Å². The Morgan fingerprint density at radius 2 is 2.25 bits per heavy atom. The molecule has 0 bridgehead atoms. The molecule has 1 aliphatic rings. The molecule has 1 aliphatic heterocycles. The summed E-state index contributed by atoms with van der Waals surface area (Å²) in [5.41, 5.74) is 2.89. The molecule has 20 heavy (non-hydrogen) atoms. The van der Waals surface area contributed by atoms with Crippen molar-refractivity contribution in [3.8, 4) is 0 Å². The van der Waals surface area contributed by atoms with Crippen molar-refractivity contribution >= 4 is 15.7 Å². The van der Waals surface area contributed by atoms with Crippen molar-refractivity contribution in [1.82, 2.24) is 14.5 Å². The largest absolute Gasteiger partial charge is 0.384 e. The number of fused-ring (bicyclic) bond motifs is 1. The maximum atomic E-state index is 12.3. The van der Waals surface area contributed by atoms with E-state index in [0.717, 1.165) is 29.9 Å². The zero-order valence-electron chi connectivity index (χ0n) is 11.1. The van der Waals surface area contributed by atoms with Gasteiger partial charge in [-0.25, -0.2) is 13.1 Å². The lowest BCUT2D eigenvalue weighted by molar-refractivity contribution is 0.577. The first-order valence-corrected chi connectivity index (χ1v) is 7.88. The van der Waals surface area contributed by atoms with Crippen molar-refractivity contribution in [3.63, 3.8) is 0 Å². The molecule has 0 spiro atoms. The molecule has 3 rings (SSSR count). The van der Waals surface area contributed by atoms with Gasteiger partial charge in [0.2, 0.25) is 10.0 Å². The lowest BCUT2D eigenvalue weighted by atomic mass is 10.2. The van der Waals surface area contributed by atoms with E-state index < -0.39 is 10.0 Å². The molecule has 0 amide bonds. The van der Waals surface area contributed by atoms with E-state index in [2.05, 4.69) is 15.1 Å². The number of aryl methyl sites for hydroxylation is 1. The van der Waals surface area contributed by atoms with Gasteiger partial charge in [-0.2, -0.15) is 5.10 Å². The highest BCUT2D eigenvalue weighted by atomic mass is 32.2. The van der Waals surface area contributed by atoms with Gasteiger partial charge in [-0.3, -0.25) is 4.68 Å². The molecule has 1 aromatic carbocycles. The summed E-state index contributed by atoms with van der Waals surface area (Å²) in [4.78, 5) is 0.308. The Bertz CT molecular complexity index is 737. The minimum absolute atomic E-state index is 0.230. The monoisotopic (exact) mass is 292 g/mol. The van der Waals surface area contributed by atoms with Crippen LogP contribution < -0.4 is 10.0 Å². The van der Waals surface area contributed by atoms with Gasteiger partial charge in [-0.1, -0.05) is 0 Å². The van der Waals surface area contributed by atoms with Crippen LogP contribution in [0.3, 0.4) is 0 Å². The Balaban J connectivity index is 1.80. The van der Waals surface area contributed by atoms with Crippen molar-refractivity contribution in [2.75, 3.05) is 11.9 Å². The minimum Gasteiger partial charge on any atom is -0.384 e. The Hall–Kier alpha value is -1.86. The quantitative estimate of drug-likeness (QED) is 0.876. The van der Waals surface area contributed by atoms with Gasteiger partial charge in [-0.05, 0) is 36.2 Å². The van der Waals surface area contributed by atoms with Crippen molar-refractivity contribution in [2.45, 2.75) is 17.9 Å². The van der Waals surface area contributed by atoms with Crippen LogP contribution in [0.15, 0.2) is 35.4 Å². The van der Waals surface area contributed by atoms with Crippen molar-refractivity contribution in [1.29, 1.82) is 0 Å². The summed E-state index contributed by atoms with van der Waals surface area (Å²) in [6.07, 6.45) is 2.51. The van der Waals surface area contributed by atoms with Gasteiger partial charge in [0, 0.05) is 25.5 Å². The Kier molecular flexibility index (Phi) is 3.23. The SMILES string of the molecule is Cn1nccc1CNS(=O)(=O)c1ccc2c(c1)CCN2. The number of anilines is 1. The Labute approximate surface area is 117 Å². The number of nitrogens with one attached hydrogen (secondary N) is 2. The lowest BCUT2D eigenvalue weighted by Crippen LogP contribution is -2.24. The average Bonchev–Trinajstić information content (AvgIpc) is 3.04. The van der Waals surface area contributed by atoms with E-state index in [1.165, 1.54) is 0 Å². The zero-order chi connectivity index (χ0) is 14.2. The molecule has 106 valence electrons. The lowest BCUT2D eigenvalue weighted by Gasteiger charge is -2.08. The molecule has 2 N–H and O–H groups in total. The maximum absolute atomic E-state index is 12.3. The summed E-state index contributed by atoms with van der Waals surface area (Å²) in [6.45, 7) is 1.09. The van der Waals surface area contributed by atoms with Crippen LogP contribution in [0.1, 0.15) is 11.3 Å². The maximum Gasteiger partial charge on any atom is 0.240 e. The van der Waals surface area contributed by atoms with Crippen molar-refractivity contribution < 1.29 is 8.42 Å². The molecule has 2 heterocycles. The second-order valence-corrected chi connectivity index (χ2v) is 6.53. The number of nitrogens with zero attached hydrogens (tertiary/aromatic N) is 2. The molecule has 0 saturated heterocycles. The van der Waals surface area contributed by atoms with Crippen LogP contribution in [0.2, 0.25) is 0 Å². The van der Waals surface area contributed by atoms with Gasteiger partial charge in [0.15, 0.2) is 0 Å². The molecule has 2 aromatic rings. The molecular weight excluding hydrogens is 276 g/mol. The zero-order valence-corrected chi connectivity index (χ0v) is 11.9. The normalized spacial score (nSPS) is 14.1. The van der Waals surface area contributed by atoms with E-state index in [0.29, 0.717) is 4.90 Å². The van der Waals surface area contributed by atoms with Crippen LogP contribution in [0, 0.1) is 0 Å². The molecule has 6 nitrogen and oxygen atoms in total. The fraction of sp³-hybridized carbons (Fsp3) is 0.308. The molecule has 0 aliphatic carbocycles. The predicted molar refractivity (Wildman–Crippen MR) is 75.9 cm³/mol. The molecule has 1 aromatic heterocycles. The summed E-state index contributed by atoms with van der Waals surface area (Å²) in [5.74, 6) is 0. The van der Waals surface area contributed by atoms with E-state index in [1.807, 2.05) is 6.07 Å². The third-order valence-corrected chi connectivity index (χ3v) is 4.86. The summed E-state index contributed by atoms with van der Waals surface area (Å²) in [5, 5.41) is 7.22. The van der Waals surface area contributed by atoms with Crippen LogP contribution >= 0.6 is 0 Å². The first kappa shape index (κ1) is 13.1. The first-order valence-electron chi connectivity index (χ1n) is 6.39. The number of aromatic nitrogens is 2. The number of hydrogen-bond acceptors (Lipinski definition) is 4. The number of hydrogen-bond donors (Lipinski definition) is 2. The molecule has 0 atom stereocenters. The molecular formula is C13H16N4O2S. The molecule has 7 heteroatoms. The topological polar surface area (TPSA) is 76.0 Å². The van der Waals surface area contributed by atoms with Gasteiger partial charge in [0.05, 0.1) is 17.1 Å². The van der Waals surface area contributed by atoms with Crippen molar-refractivity contribution in [3.05, 3.63) is 41.7 Å². The van der Waals surface area contributed by atoms with E-state index in [9.17, 15) is 8.42 Å². The fourth-order valence-corrected chi connectivity index (χ4v) is 3.32. The van der Waals surface area contributed by atoms with Gasteiger partial charge >= 0.3 is 0 Å². The van der Waals surface area contributed by atoms with Gasteiger partial charge in [-0.15, -0.1) is 0 Å². The third kappa shape index (κ3) is 2.41. The van der Waals surface area contributed by atoms with Crippen LogP contribution in [0.25, 0.3) is 0 Å². The average molecular weight is 292 g/mol. The van der Waals surface area contributed by atoms with Gasteiger partial charge in [0.1, 0.15) is 0 Å². The van der Waals surface area contributed by atoms with Crippen molar-refractivity contribution in [2.24, 2.45) is 7.05 Å². The van der Waals surface area contributed by atoms with Crippen LogP contribution in [0.5, 0.6) is 0 Å². The summed E-state index contributed by atoms with van der Waals surface area (Å²) in [7, 11) is -1.71. The predicted octanol–water partition coefficient (Wildman–Crippen LogP) is 0.867. The Morgan fingerprint density at radius 1 is 1.40 bits per heavy atom. The standard InChI is InChI=1S/C13H16N4O2S/c1-17-11(5-7-15-17)9-16-20(18,19)12-2-3-13-10(8-12)4-6-14-13/h2-3,5,7-8,14,16H,4,6,9H2,1H3. The highest BCUT2D eigenvalue weighted by Crippen LogP contribution is 2.25. The molecule has 0 saturated carbocycles. The number of sulfonamides is 1. The molecule has 0 radical (unpaired) electrons. The summed E-state index contributed by atoms with van der Waals surface area (Å²) >= 11 is 0. The highest BCUT2D eigenvalue weighted by molar-refractivity contribution is 7.89. The Morgan fingerprint density at radius 3 is 3.00 bits per heavy atom. The molecule has 0 unspecified atom stereocenters.